The van der Waals surface area contributed by atoms with Crippen LogP contribution in [0.15, 0.2) is 0 Å². The Bertz CT molecular complexity index is 362. The van der Waals surface area contributed by atoms with Crippen LogP contribution in [0, 0.1) is 0 Å². The van der Waals surface area contributed by atoms with Gasteiger partial charge in [-0.2, -0.15) is 17.0 Å². The van der Waals surface area contributed by atoms with Crippen molar-refractivity contribution in [2.75, 3.05) is 13.6 Å². The van der Waals surface area contributed by atoms with E-state index in [9.17, 15) is 8.42 Å². The first-order valence-electron chi connectivity index (χ1n) is 7.31. The average molecular weight is 291 g/mol. The molecule has 5 nitrogen and oxygen atoms in total. The summed E-state index contributed by atoms with van der Waals surface area (Å²) in [7, 11) is -1.69. The molecule has 0 aliphatic heterocycles. The third-order valence-electron chi connectivity index (χ3n) is 3.98. The summed E-state index contributed by atoms with van der Waals surface area (Å²) in [5.74, 6) is 0. The van der Waals surface area contributed by atoms with E-state index in [0.29, 0.717) is 6.54 Å². The van der Waals surface area contributed by atoms with Crippen molar-refractivity contribution in [1.29, 1.82) is 0 Å². The summed E-state index contributed by atoms with van der Waals surface area (Å²) in [6, 6.07) is 0.339. The molecule has 0 aromatic carbocycles. The van der Waals surface area contributed by atoms with E-state index < -0.39 is 10.2 Å². The van der Waals surface area contributed by atoms with Crippen LogP contribution in [0.4, 0.5) is 0 Å². The highest BCUT2D eigenvalue weighted by atomic mass is 32.2. The van der Waals surface area contributed by atoms with Crippen molar-refractivity contribution in [2.45, 2.75) is 71.0 Å². The molecular formula is C13H29N3O2S. The second kappa shape index (κ2) is 7.02. The molecule has 0 saturated heterocycles. The van der Waals surface area contributed by atoms with E-state index in [1.165, 1.54) is 4.31 Å². The average Bonchev–Trinajstić information content (AvgIpc) is 2.36. The van der Waals surface area contributed by atoms with Crippen molar-refractivity contribution in [3.05, 3.63) is 0 Å². The number of nitrogens with zero attached hydrogens (tertiary/aromatic N) is 2. The monoisotopic (exact) mass is 291 g/mol. The molecule has 0 heterocycles. The summed E-state index contributed by atoms with van der Waals surface area (Å²) in [5.41, 5.74) is 5.91. The van der Waals surface area contributed by atoms with Gasteiger partial charge in [-0.3, -0.25) is 0 Å². The van der Waals surface area contributed by atoms with Gasteiger partial charge in [-0.15, -0.1) is 0 Å². The van der Waals surface area contributed by atoms with E-state index in [4.69, 9.17) is 5.73 Å². The molecule has 114 valence electrons. The Hall–Kier alpha value is -0.170. The lowest BCUT2D eigenvalue weighted by Gasteiger charge is -2.38. The molecule has 1 rings (SSSR count). The Balaban J connectivity index is 2.87. The lowest BCUT2D eigenvalue weighted by atomic mass is 9.92. The maximum atomic E-state index is 12.7. The first kappa shape index (κ1) is 16.9. The zero-order chi connectivity index (χ0) is 14.6. The molecule has 1 fully saturated rings. The molecule has 1 aliphatic carbocycles. The lowest BCUT2D eigenvalue weighted by Crippen LogP contribution is -2.51. The minimum absolute atomic E-state index is 0.0183. The highest BCUT2D eigenvalue weighted by molar-refractivity contribution is 7.86. The molecular weight excluding hydrogens is 262 g/mol. The maximum Gasteiger partial charge on any atom is 0.282 e. The van der Waals surface area contributed by atoms with Crippen LogP contribution in [-0.4, -0.2) is 48.7 Å². The second-order valence-corrected chi connectivity index (χ2v) is 7.74. The minimum Gasteiger partial charge on any atom is -0.328 e. The molecule has 19 heavy (non-hydrogen) atoms. The van der Waals surface area contributed by atoms with Gasteiger partial charge in [0.2, 0.25) is 0 Å². The molecule has 1 aliphatic rings. The molecule has 1 saturated carbocycles. The van der Waals surface area contributed by atoms with E-state index in [1.54, 1.807) is 11.4 Å². The molecule has 2 N–H and O–H groups in total. The molecule has 0 amide bonds. The normalized spacial score (nSPS) is 25.5. The second-order valence-electron chi connectivity index (χ2n) is 5.80. The summed E-state index contributed by atoms with van der Waals surface area (Å²) in [4.78, 5) is 0. The summed E-state index contributed by atoms with van der Waals surface area (Å²) < 4.78 is 28.5. The molecule has 0 spiro atoms. The van der Waals surface area contributed by atoms with E-state index in [1.807, 2.05) is 20.8 Å². The van der Waals surface area contributed by atoms with Gasteiger partial charge in [0.15, 0.2) is 0 Å². The van der Waals surface area contributed by atoms with E-state index in [-0.39, 0.29) is 18.1 Å². The summed E-state index contributed by atoms with van der Waals surface area (Å²) in [5, 5.41) is 0. The zero-order valence-electron chi connectivity index (χ0n) is 12.7. The fraction of sp³-hybridized carbons (Fsp3) is 1.00. The van der Waals surface area contributed by atoms with Crippen LogP contribution in [0.5, 0.6) is 0 Å². The molecule has 0 unspecified atom stereocenters. The van der Waals surface area contributed by atoms with Gasteiger partial charge in [-0.1, -0.05) is 6.92 Å². The summed E-state index contributed by atoms with van der Waals surface area (Å²) in [6.45, 7) is 6.42. The highest BCUT2D eigenvalue weighted by Crippen LogP contribution is 2.26. The van der Waals surface area contributed by atoms with Gasteiger partial charge in [0, 0.05) is 31.7 Å². The smallest absolute Gasteiger partial charge is 0.282 e. The van der Waals surface area contributed by atoms with E-state index in [0.717, 1.165) is 32.1 Å². The van der Waals surface area contributed by atoms with Gasteiger partial charge >= 0.3 is 0 Å². The molecule has 0 aromatic heterocycles. The maximum absolute atomic E-state index is 12.7. The minimum atomic E-state index is -3.35. The Kier molecular flexibility index (Phi) is 6.23. The van der Waals surface area contributed by atoms with Crippen LogP contribution < -0.4 is 5.73 Å². The van der Waals surface area contributed by atoms with Gasteiger partial charge in [-0.05, 0) is 46.0 Å². The Morgan fingerprint density at radius 3 is 2.16 bits per heavy atom. The van der Waals surface area contributed by atoms with Gasteiger partial charge in [-0.25, -0.2) is 0 Å². The quantitative estimate of drug-likeness (QED) is 0.807. The Morgan fingerprint density at radius 2 is 1.74 bits per heavy atom. The number of hydrogen-bond donors (Lipinski definition) is 1. The summed E-state index contributed by atoms with van der Waals surface area (Å²) >= 11 is 0. The molecule has 6 heteroatoms. The van der Waals surface area contributed by atoms with E-state index >= 15 is 0 Å². The third kappa shape index (κ3) is 4.15. The van der Waals surface area contributed by atoms with Gasteiger partial charge in [0.25, 0.3) is 10.2 Å². The van der Waals surface area contributed by atoms with Crippen LogP contribution >= 0.6 is 0 Å². The van der Waals surface area contributed by atoms with Crippen molar-refractivity contribution < 1.29 is 8.42 Å². The van der Waals surface area contributed by atoms with Gasteiger partial charge in [0.1, 0.15) is 0 Å². The molecule has 0 aromatic rings. The standard InChI is InChI=1S/C13H29N3O2S/c1-5-10-16(13-8-6-12(14)7-9-13)19(17,18)15(4)11(2)3/h11-13H,5-10,14H2,1-4H3. The van der Waals surface area contributed by atoms with E-state index in [2.05, 4.69) is 0 Å². The molecule has 0 bridgehead atoms. The highest BCUT2D eigenvalue weighted by Gasteiger charge is 2.35. The number of nitrogens with two attached hydrogens (primary N) is 1. The molecule has 0 atom stereocenters. The largest absolute Gasteiger partial charge is 0.328 e. The fourth-order valence-corrected chi connectivity index (χ4v) is 4.39. The first-order valence-corrected chi connectivity index (χ1v) is 8.70. The third-order valence-corrected chi connectivity index (χ3v) is 6.20. The van der Waals surface area contributed by atoms with Crippen LogP contribution in [0.3, 0.4) is 0 Å². The fourth-order valence-electron chi connectivity index (χ4n) is 2.53. The predicted molar refractivity (Wildman–Crippen MR) is 79.0 cm³/mol. The Morgan fingerprint density at radius 1 is 1.21 bits per heavy atom. The first-order chi connectivity index (χ1) is 8.80. The van der Waals surface area contributed by atoms with Gasteiger partial charge in [0.05, 0.1) is 0 Å². The summed E-state index contributed by atoms with van der Waals surface area (Å²) in [6.07, 6.45) is 4.45. The SMILES string of the molecule is CCCN(C1CCC(N)CC1)S(=O)(=O)N(C)C(C)C. The zero-order valence-corrected chi connectivity index (χ0v) is 13.5. The van der Waals surface area contributed by atoms with Crippen molar-refractivity contribution in [3.8, 4) is 0 Å². The van der Waals surface area contributed by atoms with Crippen molar-refractivity contribution in [3.63, 3.8) is 0 Å². The number of rotatable bonds is 6. The van der Waals surface area contributed by atoms with Crippen LogP contribution in [0.1, 0.15) is 52.9 Å². The van der Waals surface area contributed by atoms with Crippen LogP contribution in [0.2, 0.25) is 0 Å². The Labute approximate surface area is 118 Å². The predicted octanol–water partition coefficient (Wildman–Crippen LogP) is 1.55. The van der Waals surface area contributed by atoms with Crippen LogP contribution in [-0.2, 0) is 10.2 Å². The van der Waals surface area contributed by atoms with Crippen LogP contribution in [0.25, 0.3) is 0 Å². The van der Waals surface area contributed by atoms with Gasteiger partial charge < -0.3 is 5.73 Å². The molecule has 0 radical (unpaired) electrons. The number of hydrogen-bond acceptors (Lipinski definition) is 3. The topological polar surface area (TPSA) is 66.6 Å². The lowest BCUT2D eigenvalue weighted by molar-refractivity contribution is 0.223. The van der Waals surface area contributed by atoms with Crippen molar-refractivity contribution in [1.82, 2.24) is 8.61 Å². The van der Waals surface area contributed by atoms with Crippen molar-refractivity contribution >= 4 is 10.2 Å². The van der Waals surface area contributed by atoms with Crippen molar-refractivity contribution in [2.24, 2.45) is 5.73 Å².